The lowest BCUT2D eigenvalue weighted by molar-refractivity contribution is 0.623. The van der Waals surface area contributed by atoms with Crippen LogP contribution in [0.25, 0.3) is 0 Å². The van der Waals surface area contributed by atoms with Gasteiger partial charge in [-0.2, -0.15) is 0 Å². The largest absolute Gasteiger partial charge is 0.320 e. The second kappa shape index (κ2) is 7.63. The lowest BCUT2D eigenvalue weighted by atomic mass is 9.81. The van der Waals surface area contributed by atoms with E-state index in [1.54, 1.807) is 5.57 Å². The van der Waals surface area contributed by atoms with Crippen molar-refractivity contribution in [3.05, 3.63) is 70.8 Å². The van der Waals surface area contributed by atoms with Gasteiger partial charge in [-0.05, 0) is 61.5 Å². The molecule has 0 bridgehead atoms. The maximum absolute atomic E-state index is 3.27. The Morgan fingerprint density at radius 1 is 1.19 bits per heavy atom. The highest BCUT2D eigenvalue weighted by atomic mass is 35.5. The van der Waals surface area contributed by atoms with Gasteiger partial charge in [-0.25, -0.2) is 0 Å². The highest BCUT2D eigenvalue weighted by Gasteiger charge is 2.24. The van der Waals surface area contributed by atoms with E-state index in [9.17, 15) is 0 Å². The molecule has 21 heavy (non-hydrogen) atoms. The Hall–Kier alpha value is -1.31. The van der Waals surface area contributed by atoms with Gasteiger partial charge in [0.1, 0.15) is 0 Å². The van der Waals surface area contributed by atoms with Gasteiger partial charge in [-0.3, -0.25) is 0 Å². The fourth-order valence-corrected chi connectivity index (χ4v) is 3.39. The van der Waals surface area contributed by atoms with Crippen LogP contribution in [-0.4, -0.2) is 13.6 Å². The van der Waals surface area contributed by atoms with Crippen LogP contribution in [0.15, 0.2) is 59.7 Å². The van der Waals surface area contributed by atoms with Crippen LogP contribution in [-0.2, 0) is 6.42 Å². The summed E-state index contributed by atoms with van der Waals surface area (Å²) in [6.45, 7) is 1.10. The van der Waals surface area contributed by atoms with Crippen LogP contribution in [0.1, 0.15) is 36.3 Å². The fraction of sp³-hybridized carbons (Fsp3) is 0.368. The second-order valence-corrected chi connectivity index (χ2v) is 5.68. The molecule has 1 N–H and O–H groups in total. The maximum atomic E-state index is 3.27. The minimum Gasteiger partial charge on any atom is -0.320 e. The second-order valence-electron chi connectivity index (χ2n) is 5.68. The van der Waals surface area contributed by atoms with Crippen molar-refractivity contribution in [3.8, 4) is 0 Å². The Morgan fingerprint density at radius 3 is 2.90 bits per heavy atom. The van der Waals surface area contributed by atoms with Gasteiger partial charge in [0.25, 0.3) is 0 Å². The van der Waals surface area contributed by atoms with Crippen LogP contribution in [0.2, 0.25) is 0 Å². The average Bonchev–Trinajstić information content (AvgIpc) is 2.66. The summed E-state index contributed by atoms with van der Waals surface area (Å²) in [6.07, 6.45) is 13.9. The molecule has 0 amide bonds. The number of halogens is 1. The smallest absolute Gasteiger partial charge is 0.00953 e. The molecule has 0 aromatic heterocycles. The molecule has 2 aliphatic carbocycles. The molecular formula is C19H24ClN. The molecule has 1 aromatic carbocycles. The van der Waals surface area contributed by atoms with Gasteiger partial charge in [0, 0.05) is 5.92 Å². The maximum Gasteiger partial charge on any atom is 0.00953 e. The molecule has 1 atom stereocenters. The molecule has 1 unspecified atom stereocenters. The van der Waals surface area contributed by atoms with E-state index in [2.05, 4.69) is 53.9 Å². The first kappa shape index (κ1) is 16.1. The molecule has 0 saturated carbocycles. The Labute approximate surface area is 134 Å². The molecule has 0 saturated heterocycles. The van der Waals surface area contributed by atoms with Crippen molar-refractivity contribution in [2.24, 2.45) is 0 Å². The summed E-state index contributed by atoms with van der Waals surface area (Å²) in [6, 6.07) is 8.98. The molecule has 0 radical (unpaired) electrons. The number of fused-ring (bicyclic) bond motifs is 2. The molecule has 0 spiro atoms. The van der Waals surface area contributed by atoms with Crippen LogP contribution in [0, 0.1) is 0 Å². The summed E-state index contributed by atoms with van der Waals surface area (Å²) in [5, 5.41) is 3.27. The summed E-state index contributed by atoms with van der Waals surface area (Å²) >= 11 is 0. The van der Waals surface area contributed by atoms with E-state index in [4.69, 9.17) is 0 Å². The van der Waals surface area contributed by atoms with Crippen molar-refractivity contribution in [3.63, 3.8) is 0 Å². The number of nitrogens with one attached hydrogen (secondary N) is 1. The highest BCUT2D eigenvalue weighted by molar-refractivity contribution is 5.85. The van der Waals surface area contributed by atoms with Crippen LogP contribution in [0.3, 0.4) is 0 Å². The van der Waals surface area contributed by atoms with Crippen molar-refractivity contribution < 1.29 is 0 Å². The number of rotatable bonds is 4. The molecule has 112 valence electrons. The molecule has 2 aliphatic rings. The van der Waals surface area contributed by atoms with Crippen LogP contribution >= 0.6 is 12.4 Å². The first-order chi connectivity index (χ1) is 9.90. The molecule has 1 aromatic rings. The van der Waals surface area contributed by atoms with E-state index in [1.807, 2.05) is 7.05 Å². The van der Waals surface area contributed by atoms with Gasteiger partial charge in [-0.15, -0.1) is 12.4 Å². The van der Waals surface area contributed by atoms with Crippen LogP contribution in [0.5, 0.6) is 0 Å². The summed E-state index contributed by atoms with van der Waals surface area (Å²) in [5.74, 6) is 0.568. The summed E-state index contributed by atoms with van der Waals surface area (Å²) < 4.78 is 0. The van der Waals surface area contributed by atoms with E-state index in [0.29, 0.717) is 5.92 Å². The first-order valence-electron chi connectivity index (χ1n) is 7.68. The van der Waals surface area contributed by atoms with E-state index in [-0.39, 0.29) is 12.4 Å². The van der Waals surface area contributed by atoms with Gasteiger partial charge in [-0.1, -0.05) is 48.6 Å². The number of allylic oxidation sites excluding steroid dienone is 6. The van der Waals surface area contributed by atoms with Crippen LogP contribution in [0.4, 0.5) is 0 Å². The molecular weight excluding hydrogens is 278 g/mol. The van der Waals surface area contributed by atoms with E-state index >= 15 is 0 Å². The lowest BCUT2D eigenvalue weighted by Crippen LogP contribution is -2.12. The summed E-state index contributed by atoms with van der Waals surface area (Å²) in [5.41, 5.74) is 6.13. The standard InChI is InChI=1S/C19H23N.ClH/c1-20-14-6-11-19-17-9-4-2-7-15(17)12-13-16-8-3-5-10-18(16)19;/h2-5,7,9-10,13,19-20H,6,8,11-12,14H2,1H3;1H. The van der Waals surface area contributed by atoms with E-state index < -0.39 is 0 Å². The minimum absolute atomic E-state index is 0. The topological polar surface area (TPSA) is 12.0 Å². The number of hydrogen-bond donors (Lipinski definition) is 1. The molecule has 3 rings (SSSR count). The molecule has 1 nitrogen and oxygen atoms in total. The Balaban J connectivity index is 0.00000161. The zero-order valence-corrected chi connectivity index (χ0v) is 13.5. The number of hydrogen-bond acceptors (Lipinski definition) is 1. The zero-order chi connectivity index (χ0) is 13.8. The summed E-state index contributed by atoms with van der Waals surface area (Å²) in [4.78, 5) is 0. The third kappa shape index (κ3) is 3.48. The van der Waals surface area contributed by atoms with E-state index in [0.717, 1.165) is 19.4 Å². The predicted octanol–water partition coefficient (Wildman–Crippen LogP) is 4.56. The van der Waals surface area contributed by atoms with Crippen molar-refractivity contribution in [1.29, 1.82) is 0 Å². The normalized spacial score (nSPS) is 19.6. The van der Waals surface area contributed by atoms with Gasteiger partial charge >= 0.3 is 0 Å². The van der Waals surface area contributed by atoms with Crippen molar-refractivity contribution >= 4 is 12.4 Å². The minimum atomic E-state index is 0. The lowest BCUT2D eigenvalue weighted by Gasteiger charge is -2.24. The third-order valence-electron chi connectivity index (χ3n) is 4.41. The molecule has 0 aliphatic heterocycles. The Bertz CT molecular complexity index is 569. The Morgan fingerprint density at radius 2 is 2.05 bits per heavy atom. The van der Waals surface area contributed by atoms with Crippen molar-refractivity contribution in [1.82, 2.24) is 5.32 Å². The summed E-state index contributed by atoms with van der Waals surface area (Å²) in [7, 11) is 2.04. The average molecular weight is 302 g/mol. The van der Waals surface area contributed by atoms with Crippen molar-refractivity contribution in [2.45, 2.75) is 31.6 Å². The first-order valence-corrected chi connectivity index (χ1v) is 7.68. The Kier molecular flexibility index (Phi) is 5.84. The monoisotopic (exact) mass is 301 g/mol. The van der Waals surface area contributed by atoms with Gasteiger partial charge in [0.15, 0.2) is 0 Å². The zero-order valence-electron chi connectivity index (χ0n) is 12.6. The van der Waals surface area contributed by atoms with Gasteiger partial charge in [0.05, 0.1) is 0 Å². The number of benzene rings is 1. The van der Waals surface area contributed by atoms with E-state index in [1.165, 1.54) is 29.5 Å². The van der Waals surface area contributed by atoms with Crippen molar-refractivity contribution in [2.75, 3.05) is 13.6 Å². The van der Waals surface area contributed by atoms with Gasteiger partial charge in [0.2, 0.25) is 0 Å². The SMILES string of the molecule is CNCCCC1C2=CC=CCC2=CCc2ccccc21.Cl. The molecule has 0 fully saturated rings. The highest BCUT2D eigenvalue weighted by Crippen LogP contribution is 2.40. The predicted molar refractivity (Wildman–Crippen MR) is 93.2 cm³/mol. The van der Waals surface area contributed by atoms with Crippen LogP contribution < -0.4 is 5.32 Å². The molecule has 2 heteroatoms. The van der Waals surface area contributed by atoms with Gasteiger partial charge < -0.3 is 5.32 Å². The molecule has 0 heterocycles. The third-order valence-corrected chi connectivity index (χ3v) is 4.41. The fourth-order valence-electron chi connectivity index (χ4n) is 3.39. The quantitative estimate of drug-likeness (QED) is 0.804.